The second-order valence-electron chi connectivity index (χ2n) is 5.94. The molecule has 0 atom stereocenters. The van der Waals surface area contributed by atoms with Crippen molar-refractivity contribution in [1.29, 1.82) is 0 Å². The summed E-state index contributed by atoms with van der Waals surface area (Å²) in [6, 6.07) is 11.7. The molecule has 3 heterocycles. The molecular formula is C19H18N4O2S. The van der Waals surface area contributed by atoms with Crippen LogP contribution in [-0.2, 0) is 6.54 Å². The van der Waals surface area contributed by atoms with E-state index >= 15 is 0 Å². The van der Waals surface area contributed by atoms with Crippen LogP contribution in [0.3, 0.4) is 0 Å². The summed E-state index contributed by atoms with van der Waals surface area (Å²) in [7, 11) is 0. The van der Waals surface area contributed by atoms with Crippen molar-refractivity contribution in [3.05, 3.63) is 59.6 Å². The van der Waals surface area contributed by atoms with Crippen LogP contribution in [0.1, 0.15) is 21.8 Å². The zero-order valence-corrected chi connectivity index (χ0v) is 15.1. The number of carbonyl (C=O) groups is 1. The Morgan fingerprint density at radius 3 is 3.00 bits per heavy atom. The molecule has 26 heavy (non-hydrogen) atoms. The fourth-order valence-corrected chi connectivity index (χ4v) is 3.71. The number of hydrogen-bond donors (Lipinski definition) is 1. The van der Waals surface area contributed by atoms with Crippen molar-refractivity contribution in [3.8, 4) is 10.8 Å². The Labute approximate surface area is 154 Å². The molecule has 1 amide bonds. The minimum Gasteiger partial charge on any atom is -0.462 e. The number of rotatable bonds is 6. The maximum atomic E-state index is 12.4. The number of amides is 1. The van der Waals surface area contributed by atoms with E-state index in [-0.39, 0.29) is 5.91 Å². The maximum absolute atomic E-state index is 12.4. The molecule has 0 radical (unpaired) electrons. The minimum absolute atomic E-state index is 0.146. The van der Waals surface area contributed by atoms with E-state index in [4.69, 9.17) is 4.42 Å². The lowest BCUT2D eigenvalue weighted by atomic mass is 10.3. The number of carbonyl (C=O) groups excluding carboxylic acids is 1. The molecule has 0 unspecified atom stereocenters. The Hall–Kier alpha value is -2.93. The summed E-state index contributed by atoms with van der Waals surface area (Å²) in [6.45, 7) is 3.28. The van der Waals surface area contributed by atoms with Crippen LogP contribution in [0.15, 0.2) is 53.4 Å². The second-order valence-corrected chi connectivity index (χ2v) is 7.14. The van der Waals surface area contributed by atoms with Gasteiger partial charge in [-0.1, -0.05) is 12.1 Å². The molecule has 0 aliphatic heterocycles. The molecule has 3 aromatic heterocycles. The van der Waals surface area contributed by atoms with Crippen molar-refractivity contribution in [2.75, 3.05) is 6.54 Å². The summed E-state index contributed by atoms with van der Waals surface area (Å²) in [5.74, 6) is 0.538. The van der Waals surface area contributed by atoms with Gasteiger partial charge in [0.1, 0.15) is 5.69 Å². The van der Waals surface area contributed by atoms with Crippen LogP contribution >= 0.6 is 11.3 Å². The molecule has 0 aliphatic carbocycles. The highest BCUT2D eigenvalue weighted by Gasteiger charge is 2.17. The standard InChI is InChI=1S/C19H18N4O2S/c1-13-17(22-19(26-13)16-8-4-11-25-16)18(24)20-9-5-10-23-12-21-14-6-2-3-7-15(14)23/h2-4,6-8,11-12H,5,9-10H2,1H3,(H,20,24). The SMILES string of the molecule is Cc1sc(-c2ccco2)nc1C(=O)NCCCn1cnc2ccccc21. The summed E-state index contributed by atoms with van der Waals surface area (Å²) in [4.78, 5) is 22.1. The third kappa shape index (κ3) is 3.25. The number of furan rings is 1. The van der Waals surface area contributed by atoms with Gasteiger partial charge in [0, 0.05) is 18.0 Å². The van der Waals surface area contributed by atoms with Crippen LogP contribution < -0.4 is 5.32 Å². The van der Waals surface area contributed by atoms with Crippen molar-refractivity contribution in [1.82, 2.24) is 19.9 Å². The molecule has 1 aromatic carbocycles. The van der Waals surface area contributed by atoms with Crippen molar-refractivity contribution in [2.24, 2.45) is 0 Å². The van der Waals surface area contributed by atoms with Crippen LogP contribution in [0.4, 0.5) is 0 Å². The average Bonchev–Trinajstić information content (AvgIpc) is 3.38. The molecule has 0 bridgehead atoms. The zero-order valence-electron chi connectivity index (χ0n) is 14.3. The lowest BCUT2D eigenvalue weighted by molar-refractivity contribution is 0.0948. The monoisotopic (exact) mass is 366 g/mol. The number of thiazole rings is 1. The molecule has 6 nitrogen and oxygen atoms in total. The smallest absolute Gasteiger partial charge is 0.271 e. The number of aryl methyl sites for hydroxylation is 2. The van der Waals surface area contributed by atoms with E-state index < -0.39 is 0 Å². The molecule has 4 rings (SSSR count). The molecule has 0 saturated heterocycles. The number of benzene rings is 1. The van der Waals surface area contributed by atoms with E-state index in [2.05, 4.69) is 25.9 Å². The van der Waals surface area contributed by atoms with E-state index in [1.165, 1.54) is 11.3 Å². The predicted molar refractivity (Wildman–Crippen MR) is 101 cm³/mol. The fourth-order valence-electron chi connectivity index (χ4n) is 2.84. The van der Waals surface area contributed by atoms with Crippen molar-refractivity contribution >= 4 is 28.3 Å². The van der Waals surface area contributed by atoms with Crippen LogP contribution in [0.25, 0.3) is 21.8 Å². The third-order valence-electron chi connectivity index (χ3n) is 4.13. The number of nitrogens with one attached hydrogen (secondary N) is 1. The number of hydrogen-bond acceptors (Lipinski definition) is 5. The summed E-state index contributed by atoms with van der Waals surface area (Å²) >= 11 is 1.46. The first kappa shape index (κ1) is 16.5. The van der Waals surface area contributed by atoms with Gasteiger partial charge in [-0.05, 0) is 37.6 Å². The van der Waals surface area contributed by atoms with Crippen molar-refractivity contribution in [3.63, 3.8) is 0 Å². The van der Waals surface area contributed by atoms with E-state index in [9.17, 15) is 4.79 Å². The summed E-state index contributed by atoms with van der Waals surface area (Å²) in [6.07, 6.45) is 4.26. The predicted octanol–water partition coefficient (Wildman–Crippen LogP) is 3.88. The summed E-state index contributed by atoms with van der Waals surface area (Å²) in [5, 5.41) is 3.67. The van der Waals surface area contributed by atoms with Gasteiger partial charge in [-0.3, -0.25) is 4.79 Å². The number of fused-ring (bicyclic) bond motifs is 1. The number of nitrogens with zero attached hydrogens (tertiary/aromatic N) is 3. The Balaban J connectivity index is 1.34. The maximum Gasteiger partial charge on any atom is 0.271 e. The molecule has 7 heteroatoms. The third-order valence-corrected chi connectivity index (χ3v) is 5.12. The van der Waals surface area contributed by atoms with E-state index in [0.29, 0.717) is 18.0 Å². The van der Waals surface area contributed by atoms with Crippen LogP contribution in [0.5, 0.6) is 0 Å². The van der Waals surface area contributed by atoms with Gasteiger partial charge < -0.3 is 14.3 Å². The highest BCUT2D eigenvalue weighted by Crippen LogP contribution is 2.27. The largest absolute Gasteiger partial charge is 0.462 e. The van der Waals surface area contributed by atoms with E-state index in [0.717, 1.165) is 33.9 Å². The molecule has 0 saturated carbocycles. The van der Waals surface area contributed by atoms with Crippen LogP contribution in [-0.4, -0.2) is 27.0 Å². The van der Waals surface area contributed by atoms with Gasteiger partial charge in [-0.2, -0.15) is 0 Å². The fraction of sp³-hybridized carbons (Fsp3) is 0.211. The Kier molecular flexibility index (Phi) is 4.53. The quantitative estimate of drug-likeness (QED) is 0.526. The molecule has 132 valence electrons. The first-order valence-electron chi connectivity index (χ1n) is 8.42. The normalized spacial score (nSPS) is 11.1. The molecule has 1 N–H and O–H groups in total. The van der Waals surface area contributed by atoms with Gasteiger partial charge in [0.2, 0.25) is 0 Å². The molecular weight excluding hydrogens is 348 g/mol. The first-order valence-corrected chi connectivity index (χ1v) is 9.23. The number of para-hydroxylation sites is 2. The summed E-state index contributed by atoms with van der Waals surface area (Å²) in [5.41, 5.74) is 2.56. The average molecular weight is 366 g/mol. The highest BCUT2D eigenvalue weighted by molar-refractivity contribution is 7.15. The minimum atomic E-state index is -0.146. The number of imidazole rings is 1. The van der Waals surface area contributed by atoms with Gasteiger partial charge in [-0.25, -0.2) is 9.97 Å². The van der Waals surface area contributed by atoms with Crippen molar-refractivity contribution < 1.29 is 9.21 Å². The van der Waals surface area contributed by atoms with Gasteiger partial charge in [-0.15, -0.1) is 11.3 Å². The van der Waals surface area contributed by atoms with Gasteiger partial charge >= 0.3 is 0 Å². The molecule has 4 aromatic rings. The van der Waals surface area contributed by atoms with Crippen LogP contribution in [0, 0.1) is 6.92 Å². The zero-order chi connectivity index (χ0) is 17.9. The molecule has 0 aliphatic rings. The topological polar surface area (TPSA) is 73.0 Å². The molecule has 0 fully saturated rings. The van der Waals surface area contributed by atoms with Crippen LogP contribution in [0.2, 0.25) is 0 Å². The lowest BCUT2D eigenvalue weighted by Crippen LogP contribution is -2.26. The Morgan fingerprint density at radius 1 is 1.27 bits per heavy atom. The van der Waals surface area contributed by atoms with E-state index in [1.807, 2.05) is 43.6 Å². The van der Waals surface area contributed by atoms with Crippen molar-refractivity contribution in [2.45, 2.75) is 19.9 Å². The lowest BCUT2D eigenvalue weighted by Gasteiger charge is -2.06. The highest BCUT2D eigenvalue weighted by atomic mass is 32.1. The molecule has 0 spiro atoms. The van der Waals surface area contributed by atoms with Gasteiger partial charge in [0.15, 0.2) is 10.8 Å². The first-order chi connectivity index (χ1) is 12.7. The Morgan fingerprint density at radius 2 is 2.15 bits per heavy atom. The van der Waals surface area contributed by atoms with Gasteiger partial charge in [0.25, 0.3) is 5.91 Å². The van der Waals surface area contributed by atoms with E-state index in [1.54, 1.807) is 6.26 Å². The Bertz CT molecular complexity index is 1030. The second kappa shape index (κ2) is 7.13. The number of aromatic nitrogens is 3. The van der Waals surface area contributed by atoms with Gasteiger partial charge in [0.05, 0.1) is 23.6 Å². The summed E-state index contributed by atoms with van der Waals surface area (Å²) < 4.78 is 7.45.